The van der Waals surface area contributed by atoms with Gasteiger partial charge in [-0.1, -0.05) is 0 Å². The van der Waals surface area contributed by atoms with E-state index in [1.54, 1.807) is 6.92 Å². The van der Waals surface area contributed by atoms with Gasteiger partial charge in [-0.3, -0.25) is 9.69 Å². The van der Waals surface area contributed by atoms with E-state index in [0.29, 0.717) is 19.7 Å². The summed E-state index contributed by atoms with van der Waals surface area (Å²) in [6.07, 6.45) is 0.481. The number of aliphatic hydroxyl groups is 1. The fourth-order valence-electron chi connectivity index (χ4n) is 1.31. The number of aliphatic hydroxyl groups excluding tert-OH is 1. The lowest BCUT2D eigenvalue weighted by Gasteiger charge is -2.18. The van der Waals surface area contributed by atoms with Crippen molar-refractivity contribution >= 4 is 5.97 Å². The Morgan fingerprint density at radius 2 is 2.50 bits per heavy atom. The molecule has 1 unspecified atom stereocenters. The van der Waals surface area contributed by atoms with E-state index in [4.69, 9.17) is 9.84 Å². The lowest BCUT2D eigenvalue weighted by atomic mass is 10.3. The fraction of sp³-hybridized carbons (Fsp3) is 0.875. The average Bonchev–Trinajstić information content (AvgIpc) is 2.12. The third-order valence-corrected chi connectivity index (χ3v) is 1.76. The number of esters is 1. The van der Waals surface area contributed by atoms with Crippen LogP contribution < -0.4 is 0 Å². The van der Waals surface area contributed by atoms with Crippen molar-refractivity contribution in [2.24, 2.45) is 0 Å². The Balaban J connectivity index is 2.36. The van der Waals surface area contributed by atoms with Gasteiger partial charge in [0.15, 0.2) is 0 Å². The summed E-state index contributed by atoms with van der Waals surface area (Å²) < 4.78 is 4.85. The first-order valence-electron chi connectivity index (χ1n) is 4.24. The first-order valence-corrected chi connectivity index (χ1v) is 4.24. The molecule has 1 saturated heterocycles. The van der Waals surface area contributed by atoms with Crippen molar-refractivity contribution in [2.45, 2.75) is 19.4 Å². The van der Waals surface area contributed by atoms with Gasteiger partial charge >= 0.3 is 5.97 Å². The molecule has 1 aliphatic heterocycles. The molecule has 1 aliphatic rings. The van der Waals surface area contributed by atoms with Gasteiger partial charge in [0.1, 0.15) is 0 Å². The van der Waals surface area contributed by atoms with Crippen molar-refractivity contribution in [3.63, 3.8) is 0 Å². The molecular formula is C8H15NO3. The molecule has 1 atom stereocenters. The summed E-state index contributed by atoms with van der Waals surface area (Å²) in [7, 11) is 0. The topological polar surface area (TPSA) is 49.8 Å². The highest BCUT2D eigenvalue weighted by atomic mass is 16.5. The molecule has 0 aliphatic carbocycles. The minimum atomic E-state index is -0.379. The van der Waals surface area contributed by atoms with Crippen LogP contribution in [0.2, 0.25) is 0 Å². The van der Waals surface area contributed by atoms with E-state index in [0.717, 1.165) is 13.0 Å². The Kier molecular flexibility index (Phi) is 3.49. The molecule has 1 heterocycles. The highest BCUT2D eigenvalue weighted by Gasteiger charge is 2.16. The van der Waals surface area contributed by atoms with E-state index < -0.39 is 0 Å². The highest BCUT2D eigenvalue weighted by Crippen LogP contribution is 2.00. The van der Waals surface area contributed by atoms with Crippen LogP contribution in [-0.4, -0.2) is 48.3 Å². The van der Waals surface area contributed by atoms with Crippen LogP contribution in [0.25, 0.3) is 0 Å². The van der Waals surface area contributed by atoms with E-state index in [9.17, 15) is 4.79 Å². The van der Waals surface area contributed by atoms with Crippen molar-refractivity contribution in [1.29, 1.82) is 0 Å². The average molecular weight is 173 g/mol. The predicted octanol–water partition coefficient (Wildman–Crippen LogP) is -0.384. The summed E-state index contributed by atoms with van der Waals surface area (Å²) in [6, 6.07) is 0. The van der Waals surface area contributed by atoms with Crippen LogP contribution >= 0.6 is 0 Å². The van der Waals surface area contributed by atoms with Gasteiger partial charge in [-0.05, 0) is 13.3 Å². The second-order valence-corrected chi connectivity index (χ2v) is 3.16. The van der Waals surface area contributed by atoms with Crippen molar-refractivity contribution in [3.8, 4) is 0 Å². The molecule has 0 aromatic heterocycles. The molecule has 0 amide bonds. The van der Waals surface area contributed by atoms with Crippen molar-refractivity contribution in [2.75, 3.05) is 26.2 Å². The summed E-state index contributed by atoms with van der Waals surface area (Å²) in [5.41, 5.74) is 0. The van der Waals surface area contributed by atoms with Gasteiger partial charge in [0.25, 0.3) is 0 Å². The zero-order chi connectivity index (χ0) is 8.97. The number of β-amino-alcohol motifs (C(OH)–C–C–N with tert-alkyl or cyclic N) is 1. The van der Waals surface area contributed by atoms with Gasteiger partial charge in [0, 0.05) is 13.1 Å². The molecule has 0 aromatic carbocycles. The Morgan fingerprint density at radius 1 is 1.75 bits per heavy atom. The molecule has 0 saturated carbocycles. The lowest BCUT2D eigenvalue weighted by Crippen LogP contribution is -2.34. The Bertz CT molecular complexity index is 158. The van der Waals surface area contributed by atoms with Crippen LogP contribution in [-0.2, 0) is 9.53 Å². The smallest absolute Gasteiger partial charge is 0.320 e. The first-order chi connectivity index (χ1) is 5.68. The zero-order valence-corrected chi connectivity index (χ0v) is 7.32. The molecule has 0 aromatic rings. The quantitative estimate of drug-likeness (QED) is 0.578. The van der Waals surface area contributed by atoms with Gasteiger partial charge < -0.3 is 9.84 Å². The molecule has 1 N–H and O–H groups in total. The number of cyclic esters (lactones) is 1. The molecule has 1 rings (SSSR count). The number of ether oxygens (including phenoxy) is 1. The highest BCUT2D eigenvalue weighted by molar-refractivity contribution is 5.71. The Labute approximate surface area is 72.1 Å². The molecule has 70 valence electrons. The molecule has 12 heavy (non-hydrogen) atoms. The van der Waals surface area contributed by atoms with E-state index in [1.165, 1.54) is 0 Å². The number of carbonyl (C=O) groups is 1. The second-order valence-electron chi connectivity index (χ2n) is 3.16. The third-order valence-electron chi connectivity index (χ3n) is 1.76. The molecule has 4 nitrogen and oxygen atoms in total. The summed E-state index contributed by atoms with van der Waals surface area (Å²) >= 11 is 0. The molecular weight excluding hydrogens is 158 g/mol. The maximum atomic E-state index is 10.9. The minimum Gasteiger partial charge on any atom is -0.465 e. The maximum absolute atomic E-state index is 10.9. The van der Waals surface area contributed by atoms with E-state index in [-0.39, 0.29) is 12.1 Å². The van der Waals surface area contributed by atoms with Crippen molar-refractivity contribution in [1.82, 2.24) is 4.90 Å². The predicted molar refractivity (Wildman–Crippen MR) is 43.7 cm³/mol. The van der Waals surface area contributed by atoms with Crippen LogP contribution in [0.4, 0.5) is 0 Å². The number of hydrogen-bond acceptors (Lipinski definition) is 4. The lowest BCUT2D eigenvalue weighted by molar-refractivity contribution is -0.143. The summed E-state index contributed by atoms with van der Waals surface area (Å²) in [5, 5.41) is 9.09. The third kappa shape index (κ3) is 3.19. The number of hydrogen-bond donors (Lipinski definition) is 1. The van der Waals surface area contributed by atoms with Crippen molar-refractivity contribution in [3.05, 3.63) is 0 Å². The Hall–Kier alpha value is -0.610. The van der Waals surface area contributed by atoms with E-state index >= 15 is 0 Å². The van der Waals surface area contributed by atoms with Crippen LogP contribution in [0, 0.1) is 0 Å². The first kappa shape index (κ1) is 9.48. The SMILES string of the molecule is CC(O)CN1CCCOC(=O)C1. The molecule has 4 heteroatoms. The standard InChI is InChI=1S/C8H15NO3/c1-7(10)5-9-3-2-4-12-8(11)6-9/h7,10H,2-6H2,1H3. The van der Waals surface area contributed by atoms with E-state index in [2.05, 4.69) is 0 Å². The van der Waals surface area contributed by atoms with Gasteiger partial charge in [-0.15, -0.1) is 0 Å². The van der Waals surface area contributed by atoms with Crippen LogP contribution in [0.5, 0.6) is 0 Å². The summed E-state index contributed by atoms with van der Waals surface area (Å²) in [5.74, 6) is -0.187. The number of rotatable bonds is 2. The molecule has 0 spiro atoms. The molecule has 0 radical (unpaired) electrons. The summed E-state index contributed by atoms with van der Waals surface area (Å²) in [6.45, 7) is 3.92. The van der Waals surface area contributed by atoms with Crippen LogP contribution in [0.3, 0.4) is 0 Å². The van der Waals surface area contributed by atoms with Crippen LogP contribution in [0.15, 0.2) is 0 Å². The number of carbonyl (C=O) groups excluding carboxylic acids is 1. The largest absolute Gasteiger partial charge is 0.465 e. The van der Waals surface area contributed by atoms with Gasteiger partial charge in [0.2, 0.25) is 0 Å². The van der Waals surface area contributed by atoms with Gasteiger partial charge in [-0.2, -0.15) is 0 Å². The number of nitrogens with zero attached hydrogens (tertiary/aromatic N) is 1. The summed E-state index contributed by atoms with van der Waals surface area (Å²) in [4.78, 5) is 12.8. The monoisotopic (exact) mass is 173 g/mol. The molecule has 1 fully saturated rings. The normalized spacial score (nSPS) is 23.0. The van der Waals surface area contributed by atoms with Gasteiger partial charge in [0.05, 0.1) is 19.3 Å². The van der Waals surface area contributed by atoms with Crippen LogP contribution in [0.1, 0.15) is 13.3 Å². The van der Waals surface area contributed by atoms with Gasteiger partial charge in [-0.25, -0.2) is 0 Å². The van der Waals surface area contributed by atoms with E-state index in [1.807, 2.05) is 4.90 Å². The minimum absolute atomic E-state index is 0.187. The van der Waals surface area contributed by atoms with Crippen molar-refractivity contribution < 1.29 is 14.6 Å². The second kappa shape index (κ2) is 4.42. The zero-order valence-electron chi connectivity index (χ0n) is 7.32. The maximum Gasteiger partial charge on any atom is 0.320 e. The molecule has 0 bridgehead atoms. The fourth-order valence-corrected chi connectivity index (χ4v) is 1.31. The Morgan fingerprint density at radius 3 is 3.17 bits per heavy atom.